The van der Waals surface area contributed by atoms with Crippen LogP contribution in [0.3, 0.4) is 0 Å². The van der Waals surface area contributed by atoms with Gasteiger partial charge in [0.2, 0.25) is 11.8 Å². The first-order valence-corrected chi connectivity index (χ1v) is 9.40. The Hall–Kier alpha value is -3.16. The van der Waals surface area contributed by atoms with Crippen molar-refractivity contribution in [1.82, 2.24) is 20.4 Å². The van der Waals surface area contributed by atoms with Crippen LogP contribution in [0.4, 0.5) is 0 Å². The van der Waals surface area contributed by atoms with E-state index in [-0.39, 0.29) is 23.4 Å². The fraction of sp³-hybridized carbons (Fsp3) is 0.400. The SMILES string of the molecule is CC(NC(=O)C1CCCC1)C(=O)NCc1cccc(-n2ccc(C(=O)O)n2)c1. The highest BCUT2D eigenvalue weighted by Gasteiger charge is 2.25. The van der Waals surface area contributed by atoms with Crippen molar-refractivity contribution >= 4 is 17.8 Å². The van der Waals surface area contributed by atoms with Crippen LogP contribution < -0.4 is 10.6 Å². The standard InChI is InChI=1S/C20H24N4O4/c1-13(22-19(26)15-6-2-3-7-15)18(25)21-12-14-5-4-8-16(11-14)24-10-9-17(23-24)20(27)28/h4-5,8-11,13,15H,2-3,6-7,12H2,1H3,(H,21,25)(H,22,26)(H,27,28). The number of aromatic carboxylic acids is 1. The van der Waals surface area contributed by atoms with E-state index in [0.717, 1.165) is 31.2 Å². The summed E-state index contributed by atoms with van der Waals surface area (Å²) in [6, 6.07) is 8.11. The lowest BCUT2D eigenvalue weighted by Crippen LogP contribution is -2.46. The van der Waals surface area contributed by atoms with Gasteiger partial charge in [0.05, 0.1) is 5.69 Å². The van der Waals surface area contributed by atoms with Crippen LogP contribution >= 0.6 is 0 Å². The summed E-state index contributed by atoms with van der Waals surface area (Å²) in [5.41, 5.74) is 1.50. The molecule has 1 atom stereocenters. The second-order valence-electron chi connectivity index (χ2n) is 7.05. The van der Waals surface area contributed by atoms with Crippen molar-refractivity contribution < 1.29 is 19.5 Å². The fourth-order valence-electron chi connectivity index (χ4n) is 3.32. The molecule has 0 spiro atoms. The van der Waals surface area contributed by atoms with Gasteiger partial charge >= 0.3 is 5.97 Å². The number of benzene rings is 1. The van der Waals surface area contributed by atoms with Gasteiger partial charge in [-0.15, -0.1) is 0 Å². The largest absolute Gasteiger partial charge is 0.476 e. The second kappa shape index (κ2) is 8.69. The second-order valence-corrected chi connectivity index (χ2v) is 7.05. The van der Waals surface area contributed by atoms with Gasteiger partial charge < -0.3 is 15.7 Å². The maximum atomic E-state index is 12.3. The Morgan fingerprint density at radius 3 is 2.68 bits per heavy atom. The zero-order chi connectivity index (χ0) is 20.1. The summed E-state index contributed by atoms with van der Waals surface area (Å²) in [5.74, 6) is -1.36. The Kier molecular flexibility index (Phi) is 6.08. The minimum atomic E-state index is -1.09. The Bertz CT molecular complexity index is 871. The molecule has 1 aliphatic rings. The summed E-state index contributed by atoms with van der Waals surface area (Å²) in [5, 5.41) is 18.6. The molecule has 3 rings (SSSR count). The molecule has 2 amide bonds. The summed E-state index contributed by atoms with van der Waals surface area (Å²) < 4.78 is 1.47. The van der Waals surface area contributed by atoms with Crippen LogP contribution in [-0.4, -0.2) is 38.7 Å². The molecule has 0 radical (unpaired) electrons. The van der Waals surface area contributed by atoms with E-state index >= 15 is 0 Å². The minimum absolute atomic E-state index is 0.0247. The molecule has 8 nitrogen and oxygen atoms in total. The first-order chi connectivity index (χ1) is 13.4. The van der Waals surface area contributed by atoms with E-state index in [0.29, 0.717) is 12.2 Å². The Morgan fingerprint density at radius 1 is 1.25 bits per heavy atom. The quantitative estimate of drug-likeness (QED) is 0.675. The van der Waals surface area contributed by atoms with Crippen LogP contribution in [0.25, 0.3) is 5.69 Å². The molecule has 1 heterocycles. The summed E-state index contributed by atoms with van der Waals surface area (Å²) in [7, 11) is 0. The van der Waals surface area contributed by atoms with E-state index in [1.807, 2.05) is 18.2 Å². The molecule has 2 aromatic rings. The van der Waals surface area contributed by atoms with Gasteiger partial charge in [0.15, 0.2) is 5.69 Å². The molecule has 1 aromatic heterocycles. The number of rotatable bonds is 7. The van der Waals surface area contributed by atoms with Crippen molar-refractivity contribution in [2.24, 2.45) is 5.92 Å². The van der Waals surface area contributed by atoms with E-state index in [9.17, 15) is 14.4 Å². The number of nitrogens with one attached hydrogen (secondary N) is 2. The van der Waals surface area contributed by atoms with Crippen molar-refractivity contribution in [2.75, 3.05) is 0 Å². The van der Waals surface area contributed by atoms with Crippen LogP contribution in [0.5, 0.6) is 0 Å². The van der Waals surface area contributed by atoms with E-state index in [2.05, 4.69) is 15.7 Å². The highest BCUT2D eigenvalue weighted by Crippen LogP contribution is 2.24. The number of hydrogen-bond donors (Lipinski definition) is 3. The maximum absolute atomic E-state index is 12.3. The number of hydrogen-bond acceptors (Lipinski definition) is 4. The van der Waals surface area contributed by atoms with Crippen LogP contribution in [0.1, 0.15) is 48.7 Å². The lowest BCUT2D eigenvalue weighted by atomic mass is 10.1. The smallest absolute Gasteiger partial charge is 0.356 e. The molecule has 148 valence electrons. The van der Waals surface area contributed by atoms with Gasteiger partial charge in [-0.2, -0.15) is 5.10 Å². The van der Waals surface area contributed by atoms with Gasteiger partial charge in [-0.1, -0.05) is 25.0 Å². The number of carbonyl (C=O) groups excluding carboxylic acids is 2. The molecule has 0 aliphatic heterocycles. The minimum Gasteiger partial charge on any atom is -0.476 e. The molecule has 8 heteroatoms. The number of aromatic nitrogens is 2. The number of amides is 2. The number of carboxylic acids is 1. The molecular weight excluding hydrogens is 360 g/mol. The first-order valence-electron chi connectivity index (χ1n) is 9.40. The molecule has 1 saturated carbocycles. The maximum Gasteiger partial charge on any atom is 0.356 e. The first kappa shape index (κ1) is 19.6. The molecule has 1 aliphatic carbocycles. The van der Waals surface area contributed by atoms with Gasteiger partial charge in [-0.05, 0) is 43.5 Å². The van der Waals surface area contributed by atoms with Crippen LogP contribution in [0, 0.1) is 5.92 Å². The van der Waals surface area contributed by atoms with Gasteiger partial charge in [-0.3, -0.25) is 9.59 Å². The summed E-state index contributed by atoms with van der Waals surface area (Å²) in [6.07, 6.45) is 5.49. The van der Waals surface area contributed by atoms with Crippen molar-refractivity contribution in [3.8, 4) is 5.69 Å². The van der Waals surface area contributed by atoms with E-state index in [1.165, 1.54) is 10.7 Å². The van der Waals surface area contributed by atoms with E-state index < -0.39 is 12.0 Å². The monoisotopic (exact) mass is 384 g/mol. The number of carboxylic acid groups (broad SMARTS) is 1. The highest BCUT2D eigenvalue weighted by atomic mass is 16.4. The fourth-order valence-corrected chi connectivity index (χ4v) is 3.32. The molecule has 1 unspecified atom stereocenters. The number of nitrogens with zero attached hydrogens (tertiary/aromatic N) is 2. The highest BCUT2D eigenvalue weighted by molar-refractivity contribution is 5.88. The topological polar surface area (TPSA) is 113 Å². The van der Waals surface area contributed by atoms with E-state index in [1.54, 1.807) is 19.2 Å². The lowest BCUT2D eigenvalue weighted by Gasteiger charge is -2.17. The van der Waals surface area contributed by atoms with Crippen molar-refractivity contribution in [3.63, 3.8) is 0 Å². The zero-order valence-corrected chi connectivity index (χ0v) is 15.7. The molecule has 0 bridgehead atoms. The lowest BCUT2D eigenvalue weighted by molar-refractivity contribution is -0.130. The van der Waals surface area contributed by atoms with Crippen molar-refractivity contribution in [2.45, 2.75) is 45.2 Å². The summed E-state index contributed by atoms with van der Waals surface area (Å²) in [4.78, 5) is 35.4. The summed E-state index contributed by atoms with van der Waals surface area (Å²) >= 11 is 0. The predicted molar refractivity (Wildman–Crippen MR) is 102 cm³/mol. The normalized spacial score (nSPS) is 15.2. The molecule has 1 fully saturated rings. The van der Waals surface area contributed by atoms with Gasteiger partial charge in [0.25, 0.3) is 0 Å². The third-order valence-electron chi connectivity index (χ3n) is 4.93. The molecule has 28 heavy (non-hydrogen) atoms. The summed E-state index contributed by atoms with van der Waals surface area (Å²) in [6.45, 7) is 1.97. The molecule has 3 N–H and O–H groups in total. The zero-order valence-electron chi connectivity index (χ0n) is 15.7. The van der Waals surface area contributed by atoms with Crippen LogP contribution in [0.2, 0.25) is 0 Å². The third kappa shape index (κ3) is 4.76. The predicted octanol–water partition coefficient (Wildman–Crippen LogP) is 1.88. The van der Waals surface area contributed by atoms with E-state index in [4.69, 9.17) is 5.11 Å². The average molecular weight is 384 g/mol. The van der Waals surface area contributed by atoms with Gasteiger partial charge in [-0.25, -0.2) is 9.48 Å². The average Bonchev–Trinajstić information content (AvgIpc) is 3.38. The molecule has 1 aromatic carbocycles. The Labute approximate surface area is 162 Å². The Balaban J connectivity index is 1.55. The molecule has 0 saturated heterocycles. The van der Waals surface area contributed by atoms with Gasteiger partial charge in [0.1, 0.15) is 6.04 Å². The molecular formula is C20H24N4O4. The van der Waals surface area contributed by atoms with Gasteiger partial charge in [0, 0.05) is 18.7 Å². The van der Waals surface area contributed by atoms with Crippen LogP contribution in [-0.2, 0) is 16.1 Å². The number of carbonyl (C=O) groups is 3. The third-order valence-corrected chi connectivity index (χ3v) is 4.93. The van der Waals surface area contributed by atoms with Crippen LogP contribution in [0.15, 0.2) is 36.5 Å². The van der Waals surface area contributed by atoms with Crippen molar-refractivity contribution in [3.05, 3.63) is 47.8 Å². The Morgan fingerprint density at radius 2 is 2.00 bits per heavy atom. The van der Waals surface area contributed by atoms with Crippen molar-refractivity contribution in [1.29, 1.82) is 0 Å².